The summed E-state index contributed by atoms with van der Waals surface area (Å²) in [6.07, 6.45) is 0. The Balaban J connectivity index is 1.61. The number of carbonyl (C=O) groups is 2. The lowest BCUT2D eigenvalue weighted by Crippen LogP contribution is -2.51. The highest BCUT2D eigenvalue weighted by atomic mass is 16.5. The Morgan fingerprint density at radius 3 is 2.33 bits per heavy atom. The molecule has 0 bridgehead atoms. The fourth-order valence-electron chi connectivity index (χ4n) is 3.54. The first kappa shape index (κ1) is 19.3. The van der Waals surface area contributed by atoms with Gasteiger partial charge in [0.15, 0.2) is 11.5 Å². The number of ether oxygens (including phenoxy) is 2. The standard InChI is InChI=1S/C19H28N4O4/c1-4-20-7-9-21(10-8-20)18(24)14-22-11-12-23(19(22)25)15-5-6-16(26-2)17(13-15)27-3/h5-6,13H,4,7-12,14H2,1-3H3. The van der Waals surface area contributed by atoms with E-state index in [-0.39, 0.29) is 18.5 Å². The largest absolute Gasteiger partial charge is 0.493 e. The molecule has 0 atom stereocenters. The van der Waals surface area contributed by atoms with Gasteiger partial charge in [-0.15, -0.1) is 0 Å². The molecular formula is C19H28N4O4. The Bertz CT molecular complexity index is 688. The molecule has 0 aliphatic carbocycles. The van der Waals surface area contributed by atoms with Gasteiger partial charge >= 0.3 is 6.03 Å². The van der Waals surface area contributed by atoms with E-state index in [4.69, 9.17) is 9.47 Å². The summed E-state index contributed by atoms with van der Waals surface area (Å²) in [7, 11) is 3.14. The molecule has 0 N–H and O–H groups in total. The summed E-state index contributed by atoms with van der Waals surface area (Å²) in [5, 5.41) is 0. The van der Waals surface area contributed by atoms with Gasteiger partial charge in [-0.2, -0.15) is 0 Å². The number of piperazine rings is 1. The normalized spacial score (nSPS) is 18.2. The number of anilines is 1. The molecule has 0 unspecified atom stereocenters. The zero-order valence-electron chi connectivity index (χ0n) is 16.3. The number of urea groups is 1. The van der Waals surface area contributed by atoms with Crippen molar-refractivity contribution in [2.45, 2.75) is 6.92 Å². The highest BCUT2D eigenvalue weighted by Crippen LogP contribution is 2.32. The maximum Gasteiger partial charge on any atom is 0.325 e. The first-order chi connectivity index (χ1) is 13.1. The van der Waals surface area contributed by atoms with Crippen molar-refractivity contribution in [1.29, 1.82) is 0 Å². The topological polar surface area (TPSA) is 65.6 Å². The number of carbonyl (C=O) groups excluding carboxylic acids is 2. The highest BCUT2D eigenvalue weighted by Gasteiger charge is 2.33. The smallest absolute Gasteiger partial charge is 0.325 e. The molecule has 0 aromatic heterocycles. The van der Waals surface area contributed by atoms with Crippen LogP contribution in [-0.2, 0) is 4.79 Å². The van der Waals surface area contributed by atoms with Crippen LogP contribution < -0.4 is 14.4 Å². The van der Waals surface area contributed by atoms with Crippen LogP contribution in [0.25, 0.3) is 0 Å². The van der Waals surface area contributed by atoms with E-state index in [1.807, 2.05) is 11.0 Å². The number of rotatable bonds is 6. The zero-order chi connectivity index (χ0) is 19.4. The van der Waals surface area contributed by atoms with Gasteiger partial charge in [-0.3, -0.25) is 9.69 Å². The molecule has 2 aliphatic heterocycles. The highest BCUT2D eigenvalue weighted by molar-refractivity contribution is 5.96. The molecule has 8 nitrogen and oxygen atoms in total. The molecule has 3 amide bonds. The second-order valence-electron chi connectivity index (χ2n) is 6.71. The minimum atomic E-state index is -0.150. The molecule has 0 radical (unpaired) electrons. The lowest BCUT2D eigenvalue weighted by Gasteiger charge is -2.34. The predicted octanol–water partition coefficient (Wildman–Crippen LogP) is 1.11. The van der Waals surface area contributed by atoms with Crippen LogP contribution in [0.1, 0.15) is 6.92 Å². The van der Waals surface area contributed by atoms with Crippen molar-refractivity contribution in [3.8, 4) is 11.5 Å². The third-order valence-electron chi connectivity index (χ3n) is 5.27. The zero-order valence-corrected chi connectivity index (χ0v) is 16.3. The first-order valence-corrected chi connectivity index (χ1v) is 9.36. The molecule has 2 fully saturated rings. The Morgan fingerprint density at radius 1 is 1.00 bits per heavy atom. The van der Waals surface area contributed by atoms with E-state index in [9.17, 15) is 9.59 Å². The van der Waals surface area contributed by atoms with E-state index in [1.54, 1.807) is 36.2 Å². The third-order valence-corrected chi connectivity index (χ3v) is 5.27. The molecule has 27 heavy (non-hydrogen) atoms. The van der Waals surface area contributed by atoms with Crippen LogP contribution in [0.15, 0.2) is 18.2 Å². The molecule has 1 aromatic carbocycles. The van der Waals surface area contributed by atoms with Gasteiger partial charge in [0.25, 0.3) is 0 Å². The van der Waals surface area contributed by atoms with Crippen LogP contribution in [0.4, 0.5) is 10.5 Å². The van der Waals surface area contributed by atoms with Gasteiger partial charge in [-0.1, -0.05) is 6.92 Å². The van der Waals surface area contributed by atoms with Crippen molar-refractivity contribution < 1.29 is 19.1 Å². The van der Waals surface area contributed by atoms with E-state index in [1.165, 1.54) is 0 Å². The SMILES string of the molecule is CCN1CCN(C(=O)CN2CCN(c3ccc(OC)c(OC)c3)C2=O)CC1. The summed E-state index contributed by atoms with van der Waals surface area (Å²) in [6, 6.07) is 5.24. The van der Waals surface area contributed by atoms with Gasteiger partial charge in [0.05, 0.1) is 14.2 Å². The number of hydrogen-bond donors (Lipinski definition) is 0. The van der Waals surface area contributed by atoms with Gasteiger partial charge in [0.1, 0.15) is 6.54 Å². The minimum absolute atomic E-state index is 0.0215. The van der Waals surface area contributed by atoms with Crippen LogP contribution in [0.5, 0.6) is 11.5 Å². The Labute approximate surface area is 160 Å². The van der Waals surface area contributed by atoms with Gasteiger partial charge in [0, 0.05) is 51.0 Å². The van der Waals surface area contributed by atoms with Crippen molar-refractivity contribution in [1.82, 2.24) is 14.7 Å². The first-order valence-electron chi connectivity index (χ1n) is 9.36. The van der Waals surface area contributed by atoms with Crippen molar-refractivity contribution >= 4 is 17.6 Å². The Morgan fingerprint density at radius 2 is 1.70 bits per heavy atom. The third kappa shape index (κ3) is 4.10. The van der Waals surface area contributed by atoms with Gasteiger partial charge in [0.2, 0.25) is 5.91 Å². The lowest BCUT2D eigenvalue weighted by molar-refractivity contribution is -0.133. The summed E-state index contributed by atoms with van der Waals surface area (Å²) in [6.45, 7) is 7.61. The number of likely N-dealkylation sites (N-methyl/N-ethyl adjacent to an activating group) is 1. The second-order valence-corrected chi connectivity index (χ2v) is 6.71. The summed E-state index contributed by atoms with van der Waals surface area (Å²) in [4.78, 5) is 32.8. The van der Waals surface area contributed by atoms with E-state index < -0.39 is 0 Å². The van der Waals surface area contributed by atoms with E-state index in [2.05, 4.69) is 11.8 Å². The summed E-state index contributed by atoms with van der Waals surface area (Å²) < 4.78 is 10.6. The molecule has 148 valence electrons. The van der Waals surface area contributed by atoms with Crippen molar-refractivity contribution in [3.05, 3.63) is 18.2 Å². The summed E-state index contributed by atoms with van der Waals surface area (Å²) in [5.74, 6) is 1.21. The molecule has 0 saturated carbocycles. The molecule has 3 rings (SSSR count). The molecule has 2 saturated heterocycles. The number of amides is 3. The Hall–Kier alpha value is -2.48. The second kappa shape index (κ2) is 8.47. The van der Waals surface area contributed by atoms with Crippen molar-refractivity contribution in [3.63, 3.8) is 0 Å². The summed E-state index contributed by atoms with van der Waals surface area (Å²) in [5.41, 5.74) is 0.740. The number of methoxy groups -OCH3 is 2. The van der Waals surface area contributed by atoms with Gasteiger partial charge in [-0.25, -0.2) is 4.79 Å². The fourth-order valence-corrected chi connectivity index (χ4v) is 3.54. The molecule has 1 aromatic rings. The van der Waals surface area contributed by atoms with Crippen molar-refractivity contribution in [2.24, 2.45) is 0 Å². The van der Waals surface area contributed by atoms with Crippen LogP contribution >= 0.6 is 0 Å². The molecule has 2 aliphatic rings. The average molecular weight is 376 g/mol. The van der Waals surface area contributed by atoms with E-state index >= 15 is 0 Å². The fraction of sp³-hybridized carbons (Fsp3) is 0.579. The van der Waals surface area contributed by atoms with Crippen LogP contribution in [0.2, 0.25) is 0 Å². The number of hydrogen-bond acceptors (Lipinski definition) is 5. The van der Waals surface area contributed by atoms with E-state index in [0.717, 1.165) is 38.4 Å². The molecular weight excluding hydrogens is 348 g/mol. The Kier molecular flexibility index (Phi) is 6.05. The number of nitrogens with zero attached hydrogens (tertiary/aromatic N) is 4. The summed E-state index contributed by atoms with van der Waals surface area (Å²) >= 11 is 0. The van der Waals surface area contributed by atoms with E-state index in [0.29, 0.717) is 24.6 Å². The average Bonchev–Trinajstić information content (AvgIpc) is 3.07. The maximum absolute atomic E-state index is 12.8. The molecule has 2 heterocycles. The molecule has 8 heteroatoms. The predicted molar refractivity (Wildman–Crippen MR) is 103 cm³/mol. The van der Waals surface area contributed by atoms with Crippen LogP contribution in [0.3, 0.4) is 0 Å². The van der Waals surface area contributed by atoms with Crippen molar-refractivity contribution in [2.75, 3.05) is 71.5 Å². The maximum atomic E-state index is 12.8. The van der Waals surface area contributed by atoms with Crippen LogP contribution in [0, 0.1) is 0 Å². The van der Waals surface area contributed by atoms with Gasteiger partial charge < -0.3 is 24.2 Å². The minimum Gasteiger partial charge on any atom is -0.493 e. The number of benzene rings is 1. The quantitative estimate of drug-likeness (QED) is 0.744. The lowest BCUT2D eigenvalue weighted by atomic mass is 10.2. The molecule has 0 spiro atoms. The van der Waals surface area contributed by atoms with Gasteiger partial charge in [-0.05, 0) is 18.7 Å². The van der Waals surface area contributed by atoms with Crippen LogP contribution in [-0.4, -0.2) is 93.2 Å². The monoisotopic (exact) mass is 376 g/mol.